The third-order valence-electron chi connectivity index (χ3n) is 2.25. The highest BCUT2D eigenvalue weighted by Gasteiger charge is 2.12. The molecule has 2 rings (SSSR count). The fourth-order valence-corrected chi connectivity index (χ4v) is 2.94. The van der Waals surface area contributed by atoms with E-state index in [0.717, 1.165) is 3.79 Å². The smallest absolute Gasteiger partial charge is 0.337 e. The monoisotopic (exact) mass is 359 g/mol. The number of carbonyl (C=O) groups is 2. The van der Waals surface area contributed by atoms with E-state index >= 15 is 0 Å². The summed E-state index contributed by atoms with van der Waals surface area (Å²) in [5, 5.41) is 11.6. The minimum Gasteiger partial charge on any atom is -0.478 e. The fourth-order valence-electron chi connectivity index (χ4n) is 1.40. The number of amides is 1. The first-order chi connectivity index (χ1) is 8.97. The van der Waals surface area contributed by atoms with Gasteiger partial charge in [-0.3, -0.25) is 4.79 Å². The average molecular weight is 361 g/mol. The van der Waals surface area contributed by atoms with Gasteiger partial charge in [-0.05, 0) is 46.3 Å². The highest BCUT2D eigenvalue weighted by Crippen LogP contribution is 2.25. The molecule has 98 valence electrons. The molecular weight excluding hydrogens is 354 g/mol. The summed E-state index contributed by atoms with van der Waals surface area (Å²) < 4.78 is 0.858. The highest BCUT2D eigenvalue weighted by atomic mass is 79.9. The van der Waals surface area contributed by atoms with Gasteiger partial charge in [0.1, 0.15) is 0 Å². The third kappa shape index (κ3) is 3.34. The van der Waals surface area contributed by atoms with Crippen molar-refractivity contribution < 1.29 is 14.7 Å². The third-order valence-corrected chi connectivity index (χ3v) is 4.19. The molecule has 1 aromatic carbocycles. The Labute approximate surface area is 126 Å². The first-order valence-electron chi connectivity index (χ1n) is 5.07. The van der Waals surface area contributed by atoms with Crippen molar-refractivity contribution in [2.75, 3.05) is 5.32 Å². The Balaban J connectivity index is 2.18. The molecule has 0 saturated carbocycles. The van der Waals surface area contributed by atoms with Crippen LogP contribution in [0.4, 0.5) is 5.69 Å². The number of benzene rings is 1. The zero-order valence-corrected chi connectivity index (χ0v) is 12.5. The summed E-state index contributed by atoms with van der Waals surface area (Å²) in [6.45, 7) is 0. The van der Waals surface area contributed by atoms with Crippen molar-refractivity contribution in [3.8, 4) is 0 Å². The number of carbonyl (C=O) groups excluding carboxylic acids is 1. The van der Waals surface area contributed by atoms with Gasteiger partial charge >= 0.3 is 5.97 Å². The molecule has 0 aliphatic carbocycles. The molecule has 7 heteroatoms. The van der Waals surface area contributed by atoms with Crippen LogP contribution >= 0.6 is 38.9 Å². The summed E-state index contributed by atoms with van der Waals surface area (Å²) in [7, 11) is 0. The van der Waals surface area contributed by atoms with Crippen LogP contribution in [0.25, 0.3) is 0 Å². The van der Waals surface area contributed by atoms with Crippen LogP contribution in [0.5, 0.6) is 0 Å². The normalized spacial score (nSPS) is 10.2. The van der Waals surface area contributed by atoms with Gasteiger partial charge < -0.3 is 10.4 Å². The molecule has 0 atom stereocenters. The minimum absolute atomic E-state index is 0.00136. The number of halogens is 2. The van der Waals surface area contributed by atoms with E-state index in [-0.39, 0.29) is 16.5 Å². The van der Waals surface area contributed by atoms with E-state index in [1.807, 2.05) is 0 Å². The maximum Gasteiger partial charge on any atom is 0.337 e. The Morgan fingerprint density at radius 1 is 1.26 bits per heavy atom. The zero-order chi connectivity index (χ0) is 14.0. The van der Waals surface area contributed by atoms with E-state index in [1.165, 1.54) is 29.5 Å². The maximum atomic E-state index is 11.9. The van der Waals surface area contributed by atoms with Crippen LogP contribution in [0, 0.1) is 0 Å². The van der Waals surface area contributed by atoms with Crippen LogP contribution in [0.15, 0.2) is 34.1 Å². The van der Waals surface area contributed by atoms with Crippen molar-refractivity contribution >= 4 is 56.4 Å². The van der Waals surface area contributed by atoms with E-state index in [4.69, 9.17) is 16.7 Å². The molecule has 0 aliphatic heterocycles. The van der Waals surface area contributed by atoms with Crippen LogP contribution in [0.2, 0.25) is 5.02 Å². The molecule has 0 spiro atoms. The Hall–Kier alpha value is -1.37. The van der Waals surface area contributed by atoms with Crippen LogP contribution in [0.3, 0.4) is 0 Å². The van der Waals surface area contributed by atoms with Gasteiger partial charge in [0.05, 0.1) is 19.2 Å². The standard InChI is InChI=1S/C12H7BrClNO3S/c13-10-4-3-9(19-10)11(16)15-6-1-2-7(12(17)18)8(14)5-6/h1-5H,(H,15,16)(H,17,18). The lowest BCUT2D eigenvalue weighted by atomic mass is 10.2. The van der Waals surface area contributed by atoms with E-state index in [0.29, 0.717) is 10.6 Å². The zero-order valence-electron chi connectivity index (χ0n) is 9.31. The van der Waals surface area contributed by atoms with Gasteiger partial charge in [-0.1, -0.05) is 11.6 Å². The summed E-state index contributed by atoms with van der Waals surface area (Å²) in [6.07, 6.45) is 0. The number of hydrogen-bond acceptors (Lipinski definition) is 3. The molecule has 0 aliphatic rings. The first kappa shape index (κ1) is 14.0. The molecule has 2 N–H and O–H groups in total. The van der Waals surface area contributed by atoms with Crippen molar-refractivity contribution in [1.82, 2.24) is 0 Å². The summed E-state index contributed by atoms with van der Waals surface area (Å²) in [5.74, 6) is -1.38. The summed E-state index contributed by atoms with van der Waals surface area (Å²) >= 11 is 10.4. The van der Waals surface area contributed by atoms with E-state index in [2.05, 4.69) is 21.2 Å². The van der Waals surface area contributed by atoms with Gasteiger partial charge in [0.25, 0.3) is 5.91 Å². The molecule has 1 heterocycles. The van der Waals surface area contributed by atoms with E-state index < -0.39 is 5.97 Å². The number of aromatic carboxylic acids is 1. The lowest BCUT2D eigenvalue weighted by Gasteiger charge is -2.05. The predicted molar refractivity (Wildman–Crippen MR) is 78.4 cm³/mol. The topological polar surface area (TPSA) is 66.4 Å². The number of carboxylic acids is 1. The number of thiophene rings is 1. The van der Waals surface area contributed by atoms with Crippen molar-refractivity contribution in [3.05, 3.63) is 49.6 Å². The molecule has 1 amide bonds. The second-order valence-electron chi connectivity index (χ2n) is 3.56. The lowest BCUT2D eigenvalue weighted by molar-refractivity contribution is 0.0697. The molecule has 0 fully saturated rings. The van der Waals surface area contributed by atoms with Crippen molar-refractivity contribution in [1.29, 1.82) is 0 Å². The number of anilines is 1. The van der Waals surface area contributed by atoms with Gasteiger partial charge in [-0.25, -0.2) is 4.79 Å². The molecule has 0 bridgehead atoms. The van der Waals surface area contributed by atoms with Crippen LogP contribution in [0.1, 0.15) is 20.0 Å². The Morgan fingerprint density at radius 2 is 2.00 bits per heavy atom. The number of rotatable bonds is 3. The van der Waals surface area contributed by atoms with Gasteiger partial charge in [0, 0.05) is 5.69 Å². The molecular formula is C12H7BrClNO3S. The van der Waals surface area contributed by atoms with Gasteiger partial charge in [0.2, 0.25) is 0 Å². The molecule has 1 aromatic heterocycles. The highest BCUT2D eigenvalue weighted by molar-refractivity contribution is 9.11. The van der Waals surface area contributed by atoms with Gasteiger partial charge in [0.15, 0.2) is 0 Å². The largest absolute Gasteiger partial charge is 0.478 e. The quantitative estimate of drug-likeness (QED) is 0.865. The maximum absolute atomic E-state index is 11.9. The van der Waals surface area contributed by atoms with Crippen molar-refractivity contribution in [3.63, 3.8) is 0 Å². The van der Waals surface area contributed by atoms with E-state index in [9.17, 15) is 9.59 Å². The van der Waals surface area contributed by atoms with Gasteiger partial charge in [-0.2, -0.15) is 0 Å². The van der Waals surface area contributed by atoms with Crippen molar-refractivity contribution in [2.24, 2.45) is 0 Å². The average Bonchev–Trinajstić information content (AvgIpc) is 2.75. The molecule has 19 heavy (non-hydrogen) atoms. The molecule has 4 nitrogen and oxygen atoms in total. The van der Waals surface area contributed by atoms with Gasteiger partial charge in [-0.15, -0.1) is 11.3 Å². The molecule has 2 aromatic rings. The fraction of sp³-hybridized carbons (Fsp3) is 0. The summed E-state index contributed by atoms with van der Waals surface area (Å²) in [6, 6.07) is 7.73. The first-order valence-corrected chi connectivity index (χ1v) is 7.05. The molecule has 0 unspecified atom stereocenters. The summed E-state index contributed by atoms with van der Waals surface area (Å²) in [4.78, 5) is 23.2. The summed E-state index contributed by atoms with van der Waals surface area (Å²) in [5.41, 5.74) is 0.447. The Morgan fingerprint density at radius 3 is 2.53 bits per heavy atom. The molecule has 0 radical (unpaired) electrons. The van der Waals surface area contributed by atoms with Crippen LogP contribution in [-0.4, -0.2) is 17.0 Å². The minimum atomic E-state index is -1.11. The molecule has 0 saturated heterocycles. The Bertz CT molecular complexity index is 656. The second-order valence-corrected chi connectivity index (χ2v) is 6.43. The second kappa shape index (κ2) is 5.73. The number of hydrogen-bond donors (Lipinski definition) is 2. The number of nitrogens with one attached hydrogen (secondary N) is 1. The van der Waals surface area contributed by atoms with Crippen LogP contribution in [-0.2, 0) is 0 Å². The predicted octanol–water partition coefficient (Wildman–Crippen LogP) is 4.11. The SMILES string of the molecule is O=C(Nc1ccc(C(=O)O)c(Cl)c1)c1ccc(Br)s1. The van der Waals surface area contributed by atoms with Crippen molar-refractivity contribution in [2.45, 2.75) is 0 Å². The number of carboxylic acid groups (broad SMARTS) is 1. The van der Waals surface area contributed by atoms with E-state index in [1.54, 1.807) is 12.1 Å². The Kier molecular flexibility index (Phi) is 4.24. The van der Waals surface area contributed by atoms with Crippen LogP contribution < -0.4 is 5.32 Å². The lowest BCUT2D eigenvalue weighted by Crippen LogP contribution is -2.10.